The largest absolute Gasteiger partial charge is 0.455 e. The van der Waals surface area contributed by atoms with Gasteiger partial charge in [-0.05, 0) is 36.1 Å². The van der Waals surface area contributed by atoms with Gasteiger partial charge in [0.15, 0.2) is 5.75 Å². The molecule has 0 bridgehead atoms. The van der Waals surface area contributed by atoms with Crippen molar-refractivity contribution in [2.75, 3.05) is 0 Å². The van der Waals surface area contributed by atoms with Crippen LogP contribution in [0, 0.1) is 12.3 Å². The number of hydrogen-bond donors (Lipinski definition) is 2. The Morgan fingerprint density at radius 2 is 1.90 bits per heavy atom. The molecule has 0 unspecified atom stereocenters. The maximum atomic E-state index is 7.60. The van der Waals surface area contributed by atoms with E-state index in [0.717, 1.165) is 16.9 Å². The van der Waals surface area contributed by atoms with Crippen LogP contribution in [0.4, 0.5) is 0 Å². The number of nitrogens with two attached hydrogens (primary N) is 1. The van der Waals surface area contributed by atoms with E-state index in [2.05, 4.69) is 37.9 Å². The molecule has 0 aliphatic carbocycles. The van der Waals surface area contributed by atoms with Gasteiger partial charge in [0.1, 0.15) is 17.3 Å². The van der Waals surface area contributed by atoms with Crippen molar-refractivity contribution in [2.24, 2.45) is 5.73 Å². The van der Waals surface area contributed by atoms with E-state index in [4.69, 9.17) is 15.9 Å². The van der Waals surface area contributed by atoms with Gasteiger partial charge in [0.25, 0.3) is 0 Å². The maximum absolute atomic E-state index is 7.60. The zero-order valence-electron chi connectivity index (χ0n) is 12.9. The second-order valence-electron chi connectivity index (χ2n) is 6.12. The fourth-order valence-corrected chi connectivity index (χ4v) is 2.13. The molecule has 0 saturated carbocycles. The molecule has 2 rings (SSSR count). The van der Waals surface area contributed by atoms with Crippen LogP contribution in [0.2, 0.25) is 0 Å². The van der Waals surface area contributed by atoms with E-state index in [9.17, 15) is 0 Å². The topological polar surface area (TPSA) is 72.0 Å². The normalized spacial score (nSPS) is 11.2. The average Bonchev–Trinajstić information content (AvgIpc) is 2.37. The van der Waals surface area contributed by atoms with Crippen molar-refractivity contribution in [3.8, 4) is 11.5 Å². The molecule has 1 aromatic heterocycles. The Morgan fingerprint density at radius 1 is 1.19 bits per heavy atom. The number of ether oxygens (including phenoxy) is 1. The third-order valence-corrected chi connectivity index (χ3v) is 3.19. The van der Waals surface area contributed by atoms with Gasteiger partial charge in [-0.1, -0.05) is 32.9 Å². The highest BCUT2D eigenvalue weighted by molar-refractivity contribution is 5.95. The summed E-state index contributed by atoms with van der Waals surface area (Å²) >= 11 is 0. The number of aromatic nitrogens is 1. The van der Waals surface area contributed by atoms with Crippen LogP contribution in [-0.2, 0) is 5.41 Å². The van der Waals surface area contributed by atoms with E-state index in [1.807, 2.05) is 13.0 Å². The van der Waals surface area contributed by atoms with Gasteiger partial charge in [0.05, 0.1) is 0 Å². The molecule has 1 aromatic carbocycles. The first-order chi connectivity index (χ1) is 9.79. The van der Waals surface area contributed by atoms with Crippen LogP contribution in [0.5, 0.6) is 11.5 Å². The third kappa shape index (κ3) is 3.40. The van der Waals surface area contributed by atoms with Gasteiger partial charge >= 0.3 is 0 Å². The number of nitrogens with one attached hydrogen (secondary N) is 1. The van der Waals surface area contributed by atoms with Crippen LogP contribution in [-0.4, -0.2) is 10.8 Å². The number of aryl methyl sites for hydroxylation is 1. The van der Waals surface area contributed by atoms with Gasteiger partial charge in [0.2, 0.25) is 0 Å². The fourth-order valence-electron chi connectivity index (χ4n) is 2.13. The highest BCUT2D eigenvalue weighted by Gasteiger charge is 2.20. The second kappa shape index (κ2) is 5.56. The Labute approximate surface area is 125 Å². The molecule has 0 spiro atoms. The van der Waals surface area contributed by atoms with E-state index >= 15 is 0 Å². The van der Waals surface area contributed by atoms with E-state index in [1.54, 1.807) is 18.3 Å². The number of rotatable bonds is 3. The summed E-state index contributed by atoms with van der Waals surface area (Å²) in [4.78, 5) is 4.11. The van der Waals surface area contributed by atoms with E-state index < -0.39 is 0 Å². The Hall–Kier alpha value is -2.36. The number of amidine groups is 1. The molecule has 0 amide bonds. The van der Waals surface area contributed by atoms with Gasteiger partial charge in [0, 0.05) is 11.8 Å². The van der Waals surface area contributed by atoms with E-state index in [1.165, 1.54) is 0 Å². The average molecular weight is 283 g/mol. The molecule has 3 N–H and O–H groups in total. The predicted molar refractivity (Wildman–Crippen MR) is 85.2 cm³/mol. The minimum Gasteiger partial charge on any atom is -0.455 e. The monoisotopic (exact) mass is 283 g/mol. The molecule has 110 valence electrons. The highest BCUT2D eigenvalue weighted by Crippen LogP contribution is 2.35. The molecule has 0 saturated heterocycles. The van der Waals surface area contributed by atoms with E-state index in [0.29, 0.717) is 11.4 Å². The molecule has 2 aromatic rings. The SMILES string of the molecule is Cc1ccc(C(C)(C)C)c(Oc2cccnc2C(=N)N)c1. The van der Waals surface area contributed by atoms with Crippen LogP contribution in [0.3, 0.4) is 0 Å². The van der Waals surface area contributed by atoms with Crippen LogP contribution in [0.15, 0.2) is 36.5 Å². The summed E-state index contributed by atoms with van der Waals surface area (Å²) in [7, 11) is 0. The number of hydrogen-bond acceptors (Lipinski definition) is 3. The number of benzene rings is 1. The molecule has 1 heterocycles. The second-order valence-corrected chi connectivity index (χ2v) is 6.12. The Balaban J connectivity index is 2.49. The third-order valence-electron chi connectivity index (χ3n) is 3.19. The molecule has 0 fully saturated rings. The maximum Gasteiger partial charge on any atom is 0.156 e. The fraction of sp³-hybridized carbons (Fsp3) is 0.294. The quantitative estimate of drug-likeness (QED) is 0.665. The minimum atomic E-state index is -0.101. The lowest BCUT2D eigenvalue weighted by molar-refractivity contribution is 0.452. The molecular weight excluding hydrogens is 262 g/mol. The summed E-state index contributed by atoms with van der Waals surface area (Å²) in [6, 6.07) is 9.70. The summed E-state index contributed by atoms with van der Waals surface area (Å²) in [6.07, 6.45) is 1.60. The summed E-state index contributed by atoms with van der Waals surface area (Å²) < 4.78 is 6.03. The van der Waals surface area contributed by atoms with Crippen molar-refractivity contribution in [3.63, 3.8) is 0 Å². The smallest absolute Gasteiger partial charge is 0.156 e. The van der Waals surface area contributed by atoms with Crippen molar-refractivity contribution >= 4 is 5.84 Å². The summed E-state index contributed by atoms with van der Waals surface area (Å²) in [5.74, 6) is 1.18. The Bertz CT molecular complexity index is 672. The molecule has 4 nitrogen and oxygen atoms in total. The zero-order valence-corrected chi connectivity index (χ0v) is 12.9. The first kappa shape index (κ1) is 15.0. The number of nitrogens with zero attached hydrogens (tertiary/aromatic N) is 1. The molecular formula is C17H21N3O. The predicted octanol–water partition coefficient (Wildman–Crippen LogP) is 3.76. The molecule has 0 aliphatic heterocycles. The van der Waals surface area contributed by atoms with Gasteiger partial charge in [-0.2, -0.15) is 0 Å². The lowest BCUT2D eigenvalue weighted by atomic mass is 9.86. The van der Waals surface area contributed by atoms with Gasteiger partial charge in [-0.15, -0.1) is 0 Å². The molecule has 0 radical (unpaired) electrons. The number of nitrogen functional groups attached to an aromatic ring is 1. The standard InChI is InChI=1S/C17H21N3O/c1-11-7-8-12(17(2,3)4)14(10-11)21-13-6-5-9-20-15(13)16(18)19/h5-10H,1-4H3,(H3,18,19). The Kier molecular flexibility index (Phi) is 3.98. The summed E-state index contributed by atoms with van der Waals surface area (Å²) in [6.45, 7) is 8.44. The molecule has 21 heavy (non-hydrogen) atoms. The van der Waals surface area contributed by atoms with Crippen molar-refractivity contribution < 1.29 is 4.74 Å². The first-order valence-corrected chi connectivity index (χ1v) is 6.87. The van der Waals surface area contributed by atoms with Crippen LogP contribution < -0.4 is 10.5 Å². The summed E-state index contributed by atoms with van der Waals surface area (Å²) in [5.41, 5.74) is 8.10. The van der Waals surface area contributed by atoms with Crippen LogP contribution >= 0.6 is 0 Å². The van der Waals surface area contributed by atoms with E-state index in [-0.39, 0.29) is 11.3 Å². The minimum absolute atomic E-state index is 0.0401. The first-order valence-electron chi connectivity index (χ1n) is 6.87. The van der Waals surface area contributed by atoms with Crippen molar-refractivity contribution in [2.45, 2.75) is 33.1 Å². The Morgan fingerprint density at radius 3 is 2.52 bits per heavy atom. The molecule has 0 atom stereocenters. The van der Waals surface area contributed by atoms with Crippen molar-refractivity contribution in [1.82, 2.24) is 4.98 Å². The van der Waals surface area contributed by atoms with Crippen molar-refractivity contribution in [1.29, 1.82) is 5.41 Å². The molecule has 4 heteroatoms. The highest BCUT2D eigenvalue weighted by atomic mass is 16.5. The lowest BCUT2D eigenvalue weighted by Crippen LogP contribution is -2.16. The number of pyridine rings is 1. The van der Waals surface area contributed by atoms with Gasteiger partial charge in [-0.3, -0.25) is 5.41 Å². The lowest BCUT2D eigenvalue weighted by Gasteiger charge is -2.23. The van der Waals surface area contributed by atoms with Crippen LogP contribution in [0.25, 0.3) is 0 Å². The van der Waals surface area contributed by atoms with Crippen LogP contribution in [0.1, 0.15) is 37.6 Å². The van der Waals surface area contributed by atoms with Crippen molar-refractivity contribution in [3.05, 3.63) is 53.3 Å². The van der Waals surface area contributed by atoms with Gasteiger partial charge in [-0.25, -0.2) is 4.98 Å². The van der Waals surface area contributed by atoms with Gasteiger partial charge < -0.3 is 10.5 Å². The summed E-state index contributed by atoms with van der Waals surface area (Å²) in [5, 5.41) is 7.60. The molecule has 0 aliphatic rings. The zero-order chi connectivity index (χ0) is 15.6.